The molecule has 1 unspecified atom stereocenters. The van der Waals surface area contributed by atoms with Crippen molar-refractivity contribution in [3.05, 3.63) is 35.9 Å². The van der Waals surface area contributed by atoms with E-state index in [-0.39, 0.29) is 5.84 Å². The van der Waals surface area contributed by atoms with Crippen LogP contribution in [0.5, 0.6) is 0 Å². The number of nitrogens with two attached hydrogens (primary N) is 1. The molecule has 0 spiro atoms. The van der Waals surface area contributed by atoms with Gasteiger partial charge in [-0.25, -0.2) is 0 Å². The number of rotatable bonds is 5. The van der Waals surface area contributed by atoms with Crippen molar-refractivity contribution in [1.29, 1.82) is 5.41 Å². The van der Waals surface area contributed by atoms with Gasteiger partial charge in [0, 0.05) is 17.4 Å². The van der Waals surface area contributed by atoms with Crippen molar-refractivity contribution in [2.75, 3.05) is 0 Å². The molecule has 3 N–H and O–H groups in total. The van der Waals surface area contributed by atoms with Crippen molar-refractivity contribution in [3.63, 3.8) is 0 Å². The first kappa shape index (κ1) is 11.1. The molecule has 1 aromatic carbocycles. The van der Waals surface area contributed by atoms with E-state index in [1.165, 1.54) is 5.56 Å². The van der Waals surface area contributed by atoms with Gasteiger partial charge in [0.25, 0.3) is 0 Å². The zero-order chi connectivity index (χ0) is 10.4. The van der Waals surface area contributed by atoms with E-state index in [4.69, 9.17) is 11.1 Å². The Morgan fingerprint density at radius 3 is 2.64 bits per heavy atom. The van der Waals surface area contributed by atoms with Gasteiger partial charge in [-0.2, -0.15) is 11.8 Å². The summed E-state index contributed by atoms with van der Waals surface area (Å²) in [5.74, 6) is 1.27. The van der Waals surface area contributed by atoms with E-state index in [1.807, 2.05) is 30.0 Å². The lowest BCUT2D eigenvalue weighted by Crippen LogP contribution is -2.15. The highest BCUT2D eigenvalue weighted by Gasteiger charge is 2.04. The molecule has 0 saturated carbocycles. The molecule has 0 aliphatic carbocycles. The van der Waals surface area contributed by atoms with Crippen molar-refractivity contribution in [1.82, 2.24) is 0 Å². The summed E-state index contributed by atoms with van der Waals surface area (Å²) < 4.78 is 0. The molecule has 76 valence electrons. The van der Waals surface area contributed by atoms with Crippen molar-refractivity contribution < 1.29 is 0 Å². The molecule has 0 aliphatic rings. The average molecular weight is 208 g/mol. The highest BCUT2D eigenvalue weighted by atomic mass is 32.2. The molecule has 0 bridgehead atoms. The first-order valence-corrected chi connectivity index (χ1v) is 5.72. The molecule has 14 heavy (non-hydrogen) atoms. The van der Waals surface area contributed by atoms with Crippen LogP contribution in [0.3, 0.4) is 0 Å². The van der Waals surface area contributed by atoms with E-state index >= 15 is 0 Å². The summed E-state index contributed by atoms with van der Waals surface area (Å²) in [6.45, 7) is 2.11. The van der Waals surface area contributed by atoms with Gasteiger partial charge in [0.05, 0.1) is 5.84 Å². The van der Waals surface area contributed by atoms with Crippen LogP contribution in [0.1, 0.15) is 18.9 Å². The molecular weight excluding hydrogens is 192 g/mol. The minimum Gasteiger partial charge on any atom is -0.388 e. The number of hydrogen-bond acceptors (Lipinski definition) is 2. The zero-order valence-electron chi connectivity index (χ0n) is 8.36. The molecule has 0 fully saturated rings. The SMILES string of the molecule is CC(CC(=N)N)SCc1ccccc1. The minimum absolute atomic E-state index is 0.276. The normalized spacial score (nSPS) is 12.4. The van der Waals surface area contributed by atoms with Gasteiger partial charge in [-0.15, -0.1) is 0 Å². The second-order valence-electron chi connectivity index (χ2n) is 3.34. The Morgan fingerprint density at radius 2 is 2.07 bits per heavy atom. The van der Waals surface area contributed by atoms with Gasteiger partial charge >= 0.3 is 0 Å². The van der Waals surface area contributed by atoms with Crippen molar-refractivity contribution >= 4 is 17.6 Å². The Bertz CT molecular complexity index is 285. The van der Waals surface area contributed by atoms with Gasteiger partial charge in [-0.3, -0.25) is 5.41 Å². The third-order valence-corrected chi connectivity index (χ3v) is 3.12. The molecule has 1 atom stereocenters. The lowest BCUT2D eigenvalue weighted by molar-refractivity contribution is 0.995. The predicted molar refractivity (Wildman–Crippen MR) is 63.7 cm³/mol. The van der Waals surface area contributed by atoms with Gasteiger partial charge < -0.3 is 5.73 Å². The number of hydrogen-bond donors (Lipinski definition) is 2. The Morgan fingerprint density at radius 1 is 1.43 bits per heavy atom. The van der Waals surface area contributed by atoms with E-state index in [0.29, 0.717) is 11.7 Å². The van der Waals surface area contributed by atoms with Gasteiger partial charge in [0.15, 0.2) is 0 Å². The third kappa shape index (κ3) is 4.33. The Kier molecular flexibility index (Phi) is 4.53. The predicted octanol–water partition coefficient (Wildman–Crippen LogP) is 2.63. The van der Waals surface area contributed by atoms with Gasteiger partial charge in [0.1, 0.15) is 0 Å². The lowest BCUT2D eigenvalue weighted by Gasteiger charge is -2.09. The first-order valence-electron chi connectivity index (χ1n) is 4.67. The van der Waals surface area contributed by atoms with Crippen LogP contribution in [-0.2, 0) is 5.75 Å². The average Bonchev–Trinajstić information content (AvgIpc) is 2.15. The molecule has 0 aromatic heterocycles. The van der Waals surface area contributed by atoms with Crippen molar-refractivity contribution in [2.45, 2.75) is 24.3 Å². The van der Waals surface area contributed by atoms with Gasteiger partial charge in [-0.05, 0) is 5.56 Å². The summed E-state index contributed by atoms with van der Waals surface area (Å²) in [7, 11) is 0. The number of thioether (sulfide) groups is 1. The number of amidine groups is 1. The Hall–Kier alpha value is -0.960. The largest absolute Gasteiger partial charge is 0.388 e. The quantitative estimate of drug-likeness (QED) is 0.577. The maximum absolute atomic E-state index is 7.17. The van der Waals surface area contributed by atoms with Gasteiger partial charge in [0.2, 0.25) is 0 Å². The van der Waals surface area contributed by atoms with Crippen LogP contribution in [0.2, 0.25) is 0 Å². The summed E-state index contributed by atoms with van der Waals surface area (Å²) in [6.07, 6.45) is 0.678. The summed E-state index contributed by atoms with van der Waals surface area (Å²) in [6, 6.07) is 10.4. The smallest absolute Gasteiger partial charge is 0.0916 e. The van der Waals surface area contributed by atoms with Crippen LogP contribution in [-0.4, -0.2) is 11.1 Å². The standard InChI is InChI=1S/C11H16N2S/c1-9(7-11(12)13)14-8-10-5-3-2-4-6-10/h2-6,9H,7-8H2,1H3,(H3,12,13). The maximum atomic E-state index is 7.17. The highest BCUT2D eigenvalue weighted by molar-refractivity contribution is 7.99. The fraction of sp³-hybridized carbons (Fsp3) is 0.364. The van der Waals surface area contributed by atoms with E-state index in [1.54, 1.807) is 0 Å². The van der Waals surface area contributed by atoms with Crippen LogP contribution in [0, 0.1) is 5.41 Å². The van der Waals surface area contributed by atoms with Crippen LogP contribution in [0.4, 0.5) is 0 Å². The lowest BCUT2D eigenvalue weighted by atomic mass is 10.2. The van der Waals surface area contributed by atoms with Crippen LogP contribution in [0.15, 0.2) is 30.3 Å². The van der Waals surface area contributed by atoms with Crippen LogP contribution >= 0.6 is 11.8 Å². The molecule has 2 nitrogen and oxygen atoms in total. The molecule has 1 rings (SSSR count). The molecule has 0 saturated heterocycles. The Labute approximate surface area is 89.4 Å². The topological polar surface area (TPSA) is 49.9 Å². The van der Waals surface area contributed by atoms with E-state index in [9.17, 15) is 0 Å². The van der Waals surface area contributed by atoms with E-state index in [2.05, 4.69) is 19.1 Å². The molecule has 0 radical (unpaired) electrons. The molecule has 0 heterocycles. The first-order chi connectivity index (χ1) is 6.68. The molecule has 1 aromatic rings. The second kappa shape index (κ2) is 5.70. The zero-order valence-corrected chi connectivity index (χ0v) is 9.18. The van der Waals surface area contributed by atoms with Crippen molar-refractivity contribution in [2.24, 2.45) is 5.73 Å². The second-order valence-corrected chi connectivity index (χ2v) is 4.76. The number of benzene rings is 1. The van der Waals surface area contributed by atoms with Crippen molar-refractivity contribution in [3.8, 4) is 0 Å². The summed E-state index contributed by atoms with van der Waals surface area (Å²) >= 11 is 1.84. The molecule has 0 amide bonds. The van der Waals surface area contributed by atoms with E-state index < -0.39 is 0 Å². The number of nitrogens with one attached hydrogen (secondary N) is 1. The molecule has 3 heteroatoms. The fourth-order valence-corrected chi connectivity index (χ4v) is 2.15. The monoisotopic (exact) mass is 208 g/mol. The highest BCUT2D eigenvalue weighted by Crippen LogP contribution is 2.19. The molecular formula is C11H16N2S. The summed E-state index contributed by atoms with van der Waals surface area (Å²) in [5, 5.41) is 7.60. The van der Waals surface area contributed by atoms with E-state index in [0.717, 1.165) is 5.75 Å². The molecule has 0 aliphatic heterocycles. The van der Waals surface area contributed by atoms with Gasteiger partial charge in [-0.1, -0.05) is 37.3 Å². The fourth-order valence-electron chi connectivity index (χ4n) is 1.18. The summed E-state index contributed by atoms with van der Waals surface area (Å²) in [5.41, 5.74) is 6.66. The maximum Gasteiger partial charge on any atom is 0.0916 e. The van der Waals surface area contributed by atoms with Crippen LogP contribution in [0.25, 0.3) is 0 Å². The third-order valence-electron chi connectivity index (χ3n) is 1.88. The van der Waals surface area contributed by atoms with Crippen LogP contribution < -0.4 is 5.73 Å². The summed E-state index contributed by atoms with van der Waals surface area (Å²) in [4.78, 5) is 0. The minimum atomic E-state index is 0.276. The Balaban J connectivity index is 2.30.